The van der Waals surface area contributed by atoms with E-state index in [-0.39, 0.29) is 23.4 Å². The molecule has 4 rings (SSSR count). The number of phenols is 1. The number of piperazine rings is 1. The molecular formula is C25H34FN5O3. The number of hydrogen-bond acceptors (Lipinski definition) is 7. The molecule has 4 N–H and O–H groups in total. The molecule has 9 heteroatoms. The van der Waals surface area contributed by atoms with Crippen molar-refractivity contribution >= 4 is 11.0 Å². The quantitative estimate of drug-likeness (QED) is 0.438. The number of aromatic amines is 1. The molecule has 0 saturated carbocycles. The zero-order valence-corrected chi connectivity index (χ0v) is 20.4. The summed E-state index contributed by atoms with van der Waals surface area (Å²) in [6.45, 7) is 12.8. The molecule has 184 valence electrons. The Bertz CT molecular complexity index is 1190. The van der Waals surface area contributed by atoms with Gasteiger partial charge < -0.3 is 15.3 Å². The number of aryl methyl sites for hydroxylation is 1. The summed E-state index contributed by atoms with van der Waals surface area (Å²) < 4.78 is 14.7. The van der Waals surface area contributed by atoms with E-state index in [9.17, 15) is 19.7 Å². The van der Waals surface area contributed by atoms with Crippen LogP contribution in [0.25, 0.3) is 22.3 Å². The lowest BCUT2D eigenvalue weighted by Gasteiger charge is -2.55. The minimum atomic E-state index is -0.780. The van der Waals surface area contributed by atoms with Gasteiger partial charge in [-0.2, -0.15) is 5.10 Å². The Morgan fingerprint density at radius 3 is 2.47 bits per heavy atom. The van der Waals surface area contributed by atoms with Crippen LogP contribution in [0.5, 0.6) is 5.75 Å². The maximum atomic E-state index is 14.7. The number of hydrogen-bond donors (Lipinski definition) is 4. The summed E-state index contributed by atoms with van der Waals surface area (Å²) in [6, 6.07) is 5.98. The minimum absolute atomic E-state index is 0.131. The highest BCUT2D eigenvalue weighted by Crippen LogP contribution is 2.35. The van der Waals surface area contributed by atoms with Crippen molar-refractivity contribution in [3.8, 4) is 17.0 Å². The van der Waals surface area contributed by atoms with Gasteiger partial charge in [0.05, 0.1) is 24.1 Å². The van der Waals surface area contributed by atoms with Crippen molar-refractivity contribution < 1.29 is 19.7 Å². The highest BCUT2D eigenvalue weighted by atomic mass is 19.1. The largest absolute Gasteiger partial charge is 0.508 e. The Balaban J connectivity index is 1.72. The number of benzene rings is 1. The number of aliphatic hydroxyl groups excluding tert-OH is 2. The first-order valence-corrected chi connectivity index (χ1v) is 11.5. The number of pyridine rings is 1. The molecule has 8 nitrogen and oxygen atoms in total. The first-order chi connectivity index (χ1) is 15.9. The van der Waals surface area contributed by atoms with Gasteiger partial charge in [-0.05, 0) is 58.4 Å². The lowest BCUT2D eigenvalue weighted by Crippen LogP contribution is -2.68. The van der Waals surface area contributed by atoms with Crippen molar-refractivity contribution in [2.45, 2.75) is 58.3 Å². The fourth-order valence-corrected chi connectivity index (χ4v) is 4.91. The van der Waals surface area contributed by atoms with Gasteiger partial charge in [-0.25, -0.2) is 9.37 Å². The molecular weight excluding hydrogens is 437 g/mol. The van der Waals surface area contributed by atoms with E-state index >= 15 is 0 Å². The molecule has 1 aliphatic rings. The molecule has 1 fully saturated rings. The Hall–Kier alpha value is -2.59. The second-order valence-electron chi connectivity index (χ2n) is 10.6. The highest BCUT2D eigenvalue weighted by molar-refractivity contribution is 5.84. The summed E-state index contributed by atoms with van der Waals surface area (Å²) in [7, 11) is 0. The fraction of sp³-hybridized carbons (Fsp3) is 0.520. The number of H-pyrrole nitrogens is 1. The molecule has 0 radical (unpaired) electrons. The molecule has 2 aromatic heterocycles. The average Bonchev–Trinajstić information content (AvgIpc) is 3.12. The van der Waals surface area contributed by atoms with E-state index in [2.05, 4.69) is 52.7 Å². The number of aliphatic hydroxyl groups is 2. The van der Waals surface area contributed by atoms with E-state index in [1.807, 2.05) is 13.0 Å². The minimum Gasteiger partial charge on any atom is -0.508 e. The Kier molecular flexibility index (Phi) is 6.41. The van der Waals surface area contributed by atoms with Gasteiger partial charge in [-0.1, -0.05) is 0 Å². The van der Waals surface area contributed by atoms with Crippen LogP contribution < -0.4 is 0 Å². The van der Waals surface area contributed by atoms with E-state index < -0.39 is 11.9 Å². The van der Waals surface area contributed by atoms with Gasteiger partial charge in [0.2, 0.25) is 0 Å². The van der Waals surface area contributed by atoms with Gasteiger partial charge in [0.25, 0.3) is 0 Å². The van der Waals surface area contributed by atoms with Crippen LogP contribution in [0.4, 0.5) is 4.39 Å². The molecule has 1 aliphatic heterocycles. The third kappa shape index (κ3) is 4.65. The average molecular weight is 472 g/mol. The zero-order valence-electron chi connectivity index (χ0n) is 20.4. The summed E-state index contributed by atoms with van der Waals surface area (Å²) in [6.07, 6.45) is -0.780. The van der Waals surface area contributed by atoms with Crippen molar-refractivity contribution in [3.05, 3.63) is 41.3 Å². The monoisotopic (exact) mass is 471 g/mol. The van der Waals surface area contributed by atoms with Gasteiger partial charge >= 0.3 is 0 Å². The predicted molar refractivity (Wildman–Crippen MR) is 129 cm³/mol. The molecule has 3 heterocycles. The van der Waals surface area contributed by atoms with Crippen LogP contribution in [0, 0.1) is 12.7 Å². The lowest BCUT2D eigenvalue weighted by molar-refractivity contribution is -0.0791. The van der Waals surface area contributed by atoms with Crippen molar-refractivity contribution in [1.82, 2.24) is 25.0 Å². The number of nitrogens with one attached hydrogen (secondary N) is 1. The number of fused-ring (bicyclic) bond motifs is 1. The molecule has 3 aromatic rings. The third-order valence-electron chi connectivity index (χ3n) is 6.89. The standard InChI is InChI=1S/C25H34FN5O3/c1-15-22-16(8-21(27-23(22)29-28-15)19-7-6-17(33)9-20(19)26)10-30-13-25(4,5)31(11-18(34)12-32)14-24(30,2)3/h6-9,18,32-34H,10-14H2,1-5H3,(H,27,28,29)/t18-/m0/s1. The summed E-state index contributed by atoms with van der Waals surface area (Å²) >= 11 is 0. The van der Waals surface area contributed by atoms with Gasteiger partial charge in [0.15, 0.2) is 5.65 Å². The topological polar surface area (TPSA) is 109 Å². The number of rotatable bonds is 6. The third-order valence-corrected chi connectivity index (χ3v) is 6.89. The van der Waals surface area contributed by atoms with Crippen LogP contribution in [-0.4, -0.2) is 83.7 Å². The van der Waals surface area contributed by atoms with Crippen LogP contribution >= 0.6 is 0 Å². The number of aromatic hydroxyl groups is 1. The van der Waals surface area contributed by atoms with Crippen LogP contribution in [0.2, 0.25) is 0 Å². The normalized spacial score (nSPS) is 19.5. The van der Waals surface area contributed by atoms with Gasteiger partial charge in [0, 0.05) is 54.3 Å². The molecule has 0 aliphatic carbocycles. The molecule has 1 aromatic carbocycles. The van der Waals surface area contributed by atoms with E-state index in [0.29, 0.717) is 30.0 Å². The molecule has 0 unspecified atom stereocenters. The maximum Gasteiger partial charge on any atom is 0.156 e. The fourth-order valence-electron chi connectivity index (χ4n) is 4.91. The van der Waals surface area contributed by atoms with E-state index in [1.165, 1.54) is 12.1 Å². The predicted octanol–water partition coefficient (Wildman–Crippen LogP) is 2.81. The number of aromatic nitrogens is 3. The Morgan fingerprint density at radius 2 is 1.79 bits per heavy atom. The molecule has 1 atom stereocenters. The van der Waals surface area contributed by atoms with Crippen molar-refractivity contribution in [3.63, 3.8) is 0 Å². The number of β-amino-alcohol motifs (C(OH)–C–C–N with tert-alkyl or cyclic N) is 1. The SMILES string of the molecule is Cc1n[nH]c2nc(-c3ccc(O)cc3F)cc(CN3CC(C)(C)N(C[C@H](O)CO)CC3(C)C)c12. The molecule has 1 saturated heterocycles. The first-order valence-electron chi connectivity index (χ1n) is 11.5. The summed E-state index contributed by atoms with van der Waals surface area (Å²) in [5.41, 5.74) is 2.76. The molecule has 34 heavy (non-hydrogen) atoms. The van der Waals surface area contributed by atoms with E-state index in [1.54, 1.807) is 0 Å². The van der Waals surface area contributed by atoms with Crippen molar-refractivity contribution in [2.75, 3.05) is 26.2 Å². The first kappa shape index (κ1) is 24.5. The van der Waals surface area contributed by atoms with Crippen LogP contribution in [0.1, 0.15) is 39.0 Å². The molecule has 0 spiro atoms. The van der Waals surface area contributed by atoms with Gasteiger partial charge in [-0.3, -0.25) is 14.9 Å². The van der Waals surface area contributed by atoms with E-state index in [4.69, 9.17) is 0 Å². The van der Waals surface area contributed by atoms with Crippen molar-refractivity contribution in [1.29, 1.82) is 0 Å². The summed E-state index contributed by atoms with van der Waals surface area (Å²) in [5, 5.41) is 37.2. The smallest absolute Gasteiger partial charge is 0.156 e. The lowest BCUT2D eigenvalue weighted by atomic mass is 9.87. The molecule has 0 bridgehead atoms. The Morgan fingerprint density at radius 1 is 1.12 bits per heavy atom. The second kappa shape index (κ2) is 8.88. The molecule has 0 amide bonds. The summed E-state index contributed by atoms with van der Waals surface area (Å²) in [5.74, 6) is -0.667. The number of nitrogens with zero attached hydrogens (tertiary/aromatic N) is 4. The highest BCUT2D eigenvalue weighted by Gasteiger charge is 2.43. The maximum absolute atomic E-state index is 14.7. The van der Waals surface area contributed by atoms with Crippen LogP contribution in [0.15, 0.2) is 24.3 Å². The number of halogens is 1. The number of phenolic OH excluding ortho intramolecular Hbond substituents is 1. The Labute approximate surface area is 199 Å². The van der Waals surface area contributed by atoms with Crippen LogP contribution in [0.3, 0.4) is 0 Å². The second-order valence-corrected chi connectivity index (χ2v) is 10.6. The summed E-state index contributed by atoms with van der Waals surface area (Å²) in [4.78, 5) is 9.24. The van der Waals surface area contributed by atoms with Crippen LogP contribution in [-0.2, 0) is 6.54 Å². The zero-order chi connectivity index (χ0) is 24.8. The van der Waals surface area contributed by atoms with E-state index in [0.717, 1.165) is 35.8 Å². The van der Waals surface area contributed by atoms with Gasteiger partial charge in [0.1, 0.15) is 11.6 Å². The van der Waals surface area contributed by atoms with Crippen molar-refractivity contribution in [2.24, 2.45) is 0 Å². The van der Waals surface area contributed by atoms with Gasteiger partial charge in [-0.15, -0.1) is 0 Å².